The number of hydrogen-bond acceptors (Lipinski definition) is 3. The molecular weight excluding hydrogens is 216 g/mol. The summed E-state index contributed by atoms with van der Waals surface area (Å²) in [6.45, 7) is 2.39. The quantitative estimate of drug-likeness (QED) is 0.715. The average Bonchev–Trinajstić information content (AvgIpc) is 2.22. The van der Waals surface area contributed by atoms with E-state index in [-0.39, 0.29) is 6.03 Å². The zero-order valence-corrected chi connectivity index (χ0v) is 10.1. The molecule has 0 saturated carbocycles. The summed E-state index contributed by atoms with van der Waals surface area (Å²) in [7, 11) is 1.63. The van der Waals surface area contributed by atoms with Gasteiger partial charge in [-0.2, -0.15) is 11.8 Å². The maximum atomic E-state index is 11.4. The Morgan fingerprint density at radius 3 is 2.53 bits per heavy atom. The van der Waals surface area contributed by atoms with Gasteiger partial charge in [0.15, 0.2) is 0 Å². The molecule has 0 radical (unpaired) electrons. The van der Waals surface area contributed by atoms with Crippen LogP contribution in [0.25, 0.3) is 0 Å². The summed E-state index contributed by atoms with van der Waals surface area (Å²) in [5.41, 5.74) is 0. The van der Waals surface area contributed by atoms with Crippen molar-refractivity contribution in [1.82, 2.24) is 10.2 Å². The predicted molar refractivity (Wildman–Crippen MR) is 61.3 cm³/mol. The SMILES string of the molecule is CCN(C)C(=O)NC(CCSC)C(=O)O. The van der Waals surface area contributed by atoms with Gasteiger partial charge in [0.2, 0.25) is 0 Å². The van der Waals surface area contributed by atoms with Crippen molar-refractivity contribution < 1.29 is 14.7 Å². The Bertz CT molecular complexity index is 223. The van der Waals surface area contributed by atoms with Crippen LogP contribution in [0.4, 0.5) is 4.79 Å². The molecule has 15 heavy (non-hydrogen) atoms. The van der Waals surface area contributed by atoms with E-state index in [0.717, 1.165) is 0 Å². The Kier molecular flexibility index (Phi) is 6.94. The van der Waals surface area contributed by atoms with E-state index in [1.54, 1.807) is 18.8 Å². The van der Waals surface area contributed by atoms with Crippen molar-refractivity contribution in [2.24, 2.45) is 0 Å². The molecule has 0 spiro atoms. The summed E-state index contributed by atoms with van der Waals surface area (Å²) in [6.07, 6.45) is 2.35. The molecule has 0 bridgehead atoms. The number of carboxylic acid groups (broad SMARTS) is 1. The number of urea groups is 1. The standard InChI is InChI=1S/C9H18N2O3S/c1-4-11(2)9(14)10-7(8(12)13)5-6-15-3/h7H,4-6H2,1-3H3,(H,10,14)(H,12,13). The third kappa shape index (κ3) is 5.51. The molecule has 0 aliphatic heterocycles. The van der Waals surface area contributed by atoms with Crippen molar-refractivity contribution in [2.45, 2.75) is 19.4 Å². The fourth-order valence-corrected chi connectivity index (χ4v) is 1.37. The van der Waals surface area contributed by atoms with Crippen LogP contribution in [0.3, 0.4) is 0 Å². The normalized spacial score (nSPS) is 11.9. The maximum Gasteiger partial charge on any atom is 0.326 e. The molecule has 88 valence electrons. The molecule has 0 aromatic carbocycles. The molecule has 0 aromatic rings. The van der Waals surface area contributed by atoms with Gasteiger partial charge < -0.3 is 15.3 Å². The topological polar surface area (TPSA) is 69.6 Å². The van der Waals surface area contributed by atoms with E-state index in [1.807, 2.05) is 13.2 Å². The minimum atomic E-state index is -0.984. The summed E-state index contributed by atoms with van der Waals surface area (Å²) < 4.78 is 0. The summed E-state index contributed by atoms with van der Waals surface area (Å²) in [4.78, 5) is 23.6. The molecule has 0 aromatic heterocycles. The molecule has 0 aliphatic carbocycles. The van der Waals surface area contributed by atoms with Crippen LogP contribution in [-0.4, -0.2) is 53.6 Å². The second-order valence-corrected chi connectivity index (χ2v) is 4.12. The smallest absolute Gasteiger partial charge is 0.326 e. The number of carbonyl (C=O) groups excluding carboxylic acids is 1. The molecule has 1 atom stereocenters. The van der Waals surface area contributed by atoms with Gasteiger partial charge in [0, 0.05) is 13.6 Å². The van der Waals surface area contributed by atoms with Gasteiger partial charge in [-0.05, 0) is 25.4 Å². The van der Waals surface area contributed by atoms with E-state index in [9.17, 15) is 9.59 Å². The fraction of sp³-hybridized carbons (Fsp3) is 0.778. The van der Waals surface area contributed by atoms with E-state index < -0.39 is 12.0 Å². The summed E-state index contributed by atoms with van der Waals surface area (Å²) in [5.74, 6) is -0.269. The Labute approximate surface area is 94.2 Å². The van der Waals surface area contributed by atoms with E-state index in [0.29, 0.717) is 18.7 Å². The van der Waals surface area contributed by atoms with Crippen LogP contribution in [0.5, 0.6) is 0 Å². The Morgan fingerprint density at radius 1 is 1.53 bits per heavy atom. The minimum Gasteiger partial charge on any atom is -0.480 e. The Balaban J connectivity index is 4.16. The second-order valence-electron chi connectivity index (χ2n) is 3.14. The van der Waals surface area contributed by atoms with Crippen LogP contribution < -0.4 is 5.32 Å². The highest BCUT2D eigenvalue weighted by Crippen LogP contribution is 2.01. The van der Waals surface area contributed by atoms with Crippen molar-refractivity contribution in [1.29, 1.82) is 0 Å². The summed E-state index contributed by atoms with van der Waals surface area (Å²) in [6, 6.07) is -1.13. The number of nitrogens with zero attached hydrogens (tertiary/aromatic N) is 1. The van der Waals surface area contributed by atoms with Crippen LogP contribution >= 0.6 is 11.8 Å². The highest BCUT2D eigenvalue weighted by Gasteiger charge is 2.20. The first-order valence-corrected chi connectivity index (χ1v) is 6.15. The van der Waals surface area contributed by atoms with Gasteiger partial charge in [-0.1, -0.05) is 0 Å². The molecule has 0 heterocycles. The van der Waals surface area contributed by atoms with E-state index in [1.165, 1.54) is 4.90 Å². The molecule has 0 saturated heterocycles. The summed E-state index contributed by atoms with van der Waals surface area (Å²) >= 11 is 1.56. The average molecular weight is 234 g/mol. The molecule has 2 amide bonds. The Hall–Kier alpha value is -0.910. The number of nitrogens with one attached hydrogen (secondary N) is 1. The second kappa shape index (κ2) is 7.39. The first kappa shape index (κ1) is 14.1. The molecule has 0 aliphatic rings. The monoisotopic (exact) mass is 234 g/mol. The van der Waals surface area contributed by atoms with Gasteiger partial charge in [-0.3, -0.25) is 0 Å². The van der Waals surface area contributed by atoms with Crippen molar-refractivity contribution in [3.8, 4) is 0 Å². The van der Waals surface area contributed by atoms with Crippen LogP contribution in [0, 0.1) is 0 Å². The predicted octanol–water partition coefficient (Wildman–Crippen LogP) is 0.854. The van der Waals surface area contributed by atoms with E-state index in [2.05, 4.69) is 5.32 Å². The number of carboxylic acids is 1. The van der Waals surface area contributed by atoms with Gasteiger partial charge >= 0.3 is 12.0 Å². The van der Waals surface area contributed by atoms with Crippen LogP contribution in [0.1, 0.15) is 13.3 Å². The number of rotatable bonds is 6. The molecule has 1 unspecified atom stereocenters. The van der Waals surface area contributed by atoms with Crippen LogP contribution in [0.2, 0.25) is 0 Å². The molecule has 2 N–H and O–H groups in total. The van der Waals surface area contributed by atoms with Gasteiger partial charge in [0.05, 0.1) is 0 Å². The van der Waals surface area contributed by atoms with Crippen molar-refractivity contribution in [3.05, 3.63) is 0 Å². The first-order chi connectivity index (χ1) is 7.02. The summed E-state index contributed by atoms with van der Waals surface area (Å²) in [5, 5.41) is 11.3. The third-order valence-corrected chi connectivity index (χ3v) is 2.67. The number of carbonyl (C=O) groups is 2. The van der Waals surface area contributed by atoms with Crippen molar-refractivity contribution in [2.75, 3.05) is 25.6 Å². The lowest BCUT2D eigenvalue weighted by Gasteiger charge is -2.19. The number of hydrogen-bond donors (Lipinski definition) is 2. The van der Waals surface area contributed by atoms with Gasteiger partial charge in [-0.25, -0.2) is 9.59 Å². The number of aliphatic carboxylic acids is 1. The first-order valence-electron chi connectivity index (χ1n) is 4.76. The Morgan fingerprint density at radius 2 is 2.13 bits per heavy atom. The third-order valence-electron chi connectivity index (χ3n) is 2.03. The lowest BCUT2D eigenvalue weighted by molar-refractivity contribution is -0.139. The lowest BCUT2D eigenvalue weighted by atomic mass is 10.2. The number of thioether (sulfide) groups is 1. The minimum absolute atomic E-state index is 0.342. The lowest BCUT2D eigenvalue weighted by Crippen LogP contribution is -2.46. The molecule has 6 heteroatoms. The molecular formula is C9H18N2O3S. The largest absolute Gasteiger partial charge is 0.480 e. The van der Waals surface area contributed by atoms with Gasteiger partial charge in [0.25, 0.3) is 0 Å². The maximum absolute atomic E-state index is 11.4. The highest BCUT2D eigenvalue weighted by molar-refractivity contribution is 7.98. The number of amides is 2. The fourth-order valence-electron chi connectivity index (χ4n) is 0.896. The zero-order chi connectivity index (χ0) is 11.8. The van der Waals surface area contributed by atoms with E-state index >= 15 is 0 Å². The molecule has 0 fully saturated rings. The highest BCUT2D eigenvalue weighted by atomic mass is 32.2. The van der Waals surface area contributed by atoms with Crippen molar-refractivity contribution >= 4 is 23.8 Å². The van der Waals surface area contributed by atoms with E-state index in [4.69, 9.17) is 5.11 Å². The van der Waals surface area contributed by atoms with Crippen LogP contribution in [-0.2, 0) is 4.79 Å². The van der Waals surface area contributed by atoms with Crippen molar-refractivity contribution in [3.63, 3.8) is 0 Å². The molecule has 0 rings (SSSR count). The van der Waals surface area contributed by atoms with Gasteiger partial charge in [0.1, 0.15) is 6.04 Å². The zero-order valence-electron chi connectivity index (χ0n) is 9.32. The van der Waals surface area contributed by atoms with Crippen LogP contribution in [0.15, 0.2) is 0 Å². The molecule has 5 nitrogen and oxygen atoms in total. The van der Waals surface area contributed by atoms with Gasteiger partial charge in [-0.15, -0.1) is 0 Å².